The maximum atomic E-state index is 13.2. The smallest absolute Gasteiger partial charge is 0.287 e. The van der Waals surface area contributed by atoms with Crippen LogP contribution in [0.3, 0.4) is 0 Å². The second kappa shape index (κ2) is 9.73. The average Bonchev–Trinajstić information content (AvgIpc) is 3.29. The van der Waals surface area contributed by atoms with Gasteiger partial charge in [0.1, 0.15) is 6.04 Å². The SMILES string of the molecule is CCc1ccc(CN(C)C(=O)C(Cc2ccccc2)NC(=O)c2ccco2)cc1. The molecule has 29 heavy (non-hydrogen) atoms. The van der Waals surface area contributed by atoms with Gasteiger partial charge >= 0.3 is 0 Å². The third-order valence-electron chi connectivity index (χ3n) is 4.86. The molecule has 0 saturated carbocycles. The van der Waals surface area contributed by atoms with E-state index in [0.29, 0.717) is 13.0 Å². The molecule has 1 N–H and O–H groups in total. The van der Waals surface area contributed by atoms with Crippen LogP contribution in [0.1, 0.15) is 34.2 Å². The number of nitrogens with one attached hydrogen (secondary N) is 1. The Kier molecular flexibility index (Phi) is 6.85. The number of benzene rings is 2. The maximum Gasteiger partial charge on any atom is 0.287 e. The van der Waals surface area contributed by atoms with Crippen LogP contribution in [0.5, 0.6) is 0 Å². The fourth-order valence-electron chi connectivity index (χ4n) is 3.19. The molecule has 1 atom stereocenters. The normalized spacial score (nSPS) is 11.7. The minimum Gasteiger partial charge on any atom is -0.459 e. The van der Waals surface area contributed by atoms with E-state index in [0.717, 1.165) is 17.5 Å². The van der Waals surface area contributed by atoms with E-state index in [1.165, 1.54) is 11.8 Å². The molecule has 0 saturated heterocycles. The van der Waals surface area contributed by atoms with Crippen LogP contribution in [0.4, 0.5) is 0 Å². The van der Waals surface area contributed by atoms with Crippen molar-refractivity contribution in [2.24, 2.45) is 0 Å². The molecule has 0 radical (unpaired) electrons. The Morgan fingerprint density at radius 3 is 2.24 bits per heavy atom. The average molecular weight is 390 g/mol. The lowest BCUT2D eigenvalue weighted by molar-refractivity contribution is -0.132. The van der Waals surface area contributed by atoms with Crippen LogP contribution in [0.15, 0.2) is 77.4 Å². The van der Waals surface area contributed by atoms with Gasteiger partial charge in [0.25, 0.3) is 5.91 Å². The van der Waals surface area contributed by atoms with Crippen molar-refractivity contribution in [2.75, 3.05) is 7.05 Å². The summed E-state index contributed by atoms with van der Waals surface area (Å²) in [6.45, 7) is 2.59. The number of hydrogen-bond acceptors (Lipinski definition) is 3. The highest BCUT2D eigenvalue weighted by atomic mass is 16.3. The molecule has 150 valence electrons. The molecule has 5 heteroatoms. The summed E-state index contributed by atoms with van der Waals surface area (Å²) < 4.78 is 5.17. The van der Waals surface area contributed by atoms with Crippen molar-refractivity contribution in [1.29, 1.82) is 0 Å². The van der Waals surface area contributed by atoms with Crippen molar-refractivity contribution in [3.05, 3.63) is 95.4 Å². The lowest BCUT2D eigenvalue weighted by Crippen LogP contribution is -2.48. The molecule has 1 unspecified atom stereocenters. The number of hydrogen-bond donors (Lipinski definition) is 1. The van der Waals surface area contributed by atoms with E-state index >= 15 is 0 Å². The van der Waals surface area contributed by atoms with E-state index in [4.69, 9.17) is 4.42 Å². The van der Waals surface area contributed by atoms with E-state index < -0.39 is 11.9 Å². The van der Waals surface area contributed by atoms with Crippen LogP contribution in [0, 0.1) is 0 Å². The Morgan fingerprint density at radius 1 is 0.931 bits per heavy atom. The highest BCUT2D eigenvalue weighted by molar-refractivity contribution is 5.95. The Bertz CT molecular complexity index is 919. The summed E-state index contributed by atoms with van der Waals surface area (Å²) in [6.07, 6.45) is 2.83. The molecule has 0 aliphatic heterocycles. The molecule has 0 bridgehead atoms. The van der Waals surface area contributed by atoms with E-state index in [9.17, 15) is 9.59 Å². The quantitative estimate of drug-likeness (QED) is 0.636. The van der Waals surface area contributed by atoms with E-state index in [1.807, 2.05) is 42.5 Å². The van der Waals surface area contributed by atoms with Crippen molar-refractivity contribution < 1.29 is 14.0 Å². The Balaban J connectivity index is 1.73. The molecule has 2 amide bonds. The molecule has 1 heterocycles. The monoisotopic (exact) mass is 390 g/mol. The van der Waals surface area contributed by atoms with Crippen LogP contribution in [0.25, 0.3) is 0 Å². The number of rotatable bonds is 8. The zero-order valence-electron chi connectivity index (χ0n) is 16.8. The van der Waals surface area contributed by atoms with Gasteiger partial charge < -0.3 is 14.6 Å². The van der Waals surface area contributed by atoms with Crippen LogP contribution in [0.2, 0.25) is 0 Å². The molecular weight excluding hydrogens is 364 g/mol. The number of nitrogens with zero attached hydrogens (tertiary/aromatic N) is 1. The van der Waals surface area contributed by atoms with Crippen molar-refractivity contribution >= 4 is 11.8 Å². The van der Waals surface area contributed by atoms with Crippen molar-refractivity contribution in [2.45, 2.75) is 32.4 Å². The second-order valence-corrected chi connectivity index (χ2v) is 7.06. The number of likely N-dealkylation sites (N-methyl/N-ethyl adjacent to an activating group) is 1. The van der Waals surface area contributed by atoms with Crippen LogP contribution in [-0.2, 0) is 24.2 Å². The summed E-state index contributed by atoms with van der Waals surface area (Å²) in [5.74, 6) is -0.355. The van der Waals surface area contributed by atoms with E-state index in [1.54, 1.807) is 24.1 Å². The largest absolute Gasteiger partial charge is 0.459 e. The van der Waals surface area contributed by atoms with Gasteiger partial charge in [-0.1, -0.05) is 61.5 Å². The highest BCUT2D eigenvalue weighted by Crippen LogP contribution is 2.11. The summed E-state index contributed by atoms with van der Waals surface area (Å²) in [7, 11) is 1.76. The molecule has 1 aromatic heterocycles. The van der Waals surface area contributed by atoms with Gasteiger partial charge in [-0.15, -0.1) is 0 Å². The Labute approximate surface area is 171 Å². The standard InChI is InChI=1S/C24H26N2O3/c1-3-18-11-13-20(14-12-18)17-26(2)24(28)21(16-19-8-5-4-6-9-19)25-23(27)22-10-7-15-29-22/h4-15,21H,3,16-17H2,1-2H3,(H,25,27). The van der Waals surface area contributed by atoms with Crippen molar-refractivity contribution in [1.82, 2.24) is 10.2 Å². The van der Waals surface area contributed by atoms with Crippen LogP contribution in [-0.4, -0.2) is 29.8 Å². The van der Waals surface area contributed by atoms with Gasteiger partial charge in [0.15, 0.2) is 5.76 Å². The van der Waals surface area contributed by atoms with Gasteiger partial charge in [-0.2, -0.15) is 0 Å². The second-order valence-electron chi connectivity index (χ2n) is 7.06. The first-order chi connectivity index (χ1) is 14.1. The minimum atomic E-state index is -0.685. The number of amides is 2. The molecule has 0 aliphatic carbocycles. The van der Waals surface area contributed by atoms with Crippen LogP contribution >= 0.6 is 0 Å². The molecule has 0 fully saturated rings. The third-order valence-corrected chi connectivity index (χ3v) is 4.86. The Morgan fingerprint density at radius 2 is 1.62 bits per heavy atom. The van der Waals surface area contributed by atoms with Crippen molar-refractivity contribution in [3.8, 4) is 0 Å². The molecule has 0 spiro atoms. The third kappa shape index (κ3) is 5.57. The first kappa shape index (κ1) is 20.4. The lowest BCUT2D eigenvalue weighted by Gasteiger charge is -2.25. The summed E-state index contributed by atoms with van der Waals surface area (Å²) in [4.78, 5) is 27.3. The van der Waals surface area contributed by atoms with Gasteiger partial charge in [-0.25, -0.2) is 0 Å². The highest BCUT2D eigenvalue weighted by Gasteiger charge is 2.25. The first-order valence-electron chi connectivity index (χ1n) is 9.78. The zero-order valence-corrected chi connectivity index (χ0v) is 16.8. The zero-order chi connectivity index (χ0) is 20.6. The number of carbonyl (C=O) groups excluding carboxylic acids is 2. The number of furan rings is 1. The topological polar surface area (TPSA) is 62.6 Å². The Hall–Kier alpha value is -3.34. The summed E-state index contributed by atoms with van der Waals surface area (Å²) in [5, 5.41) is 2.83. The van der Waals surface area contributed by atoms with E-state index in [-0.39, 0.29) is 11.7 Å². The fourth-order valence-corrected chi connectivity index (χ4v) is 3.19. The van der Waals surface area contributed by atoms with Crippen LogP contribution < -0.4 is 5.32 Å². The lowest BCUT2D eigenvalue weighted by atomic mass is 10.0. The van der Waals surface area contributed by atoms with Gasteiger partial charge in [-0.3, -0.25) is 9.59 Å². The van der Waals surface area contributed by atoms with Gasteiger partial charge in [0, 0.05) is 20.0 Å². The molecule has 5 nitrogen and oxygen atoms in total. The summed E-state index contributed by atoms with van der Waals surface area (Å²) in [5.41, 5.74) is 3.29. The molecule has 0 aliphatic rings. The predicted octanol–water partition coefficient (Wildman–Crippen LogP) is 3.84. The predicted molar refractivity (Wildman–Crippen MR) is 112 cm³/mol. The summed E-state index contributed by atoms with van der Waals surface area (Å²) >= 11 is 0. The maximum absolute atomic E-state index is 13.2. The molecule has 3 aromatic rings. The number of carbonyl (C=O) groups is 2. The van der Waals surface area contributed by atoms with Gasteiger partial charge in [0.05, 0.1) is 6.26 Å². The summed E-state index contributed by atoms with van der Waals surface area (Å²) in [6, 6.07) is 20.4. The minimum absolute atomic E-state index is 0.145. The van der Waals surface area contributed by atoms with Crippen molar-refractivity contribution in [3.63, 3.8) is 0 Å². The number of aryl methyl sites for hydroxylation is 1. The first-order valence-corrected chi connectivity index (χ1v) is 9.78. The fraction of sp³-hybridized carbons (Fsp3) is 0.250. The molecule has 3 rings (SSSR count). The van der Waals surface area contributed by atoms with Gasteiger partial charge in [0.2, 0.25) is 5.91 Å². The molecule has 2 aromatic carbocycles. The van der Waals surface area contributed by atoms with E-state index in [2.05, 4.69) is 24.4 Å². The molecular formula is C24H26N2O3. The van der Waals surface area contributed by atoms with Gasteiger partial charge in [-0.05, 0) is 35.2 Å².